The molecule has 0 saturated carbocycles. The topological polar surface area (TPSA) is 126 Å². The van der Waals surface area contributed by atoms with Crippen molar-refractivity contribution in [3.63, 3.8) is 0 Å². The average molecular weight is 215 g/mol. The van der Waals surface area contributed by atoms with E-state index >= 15 is 0 Å². The Balaban J connectivity index is 3.86. The SMILES string of the molecule is CC(CN=NCC(C)C(N)=NO)C(N)=O. The minimum atomic E-state index is -0.404. The van der Waals surface area contributed by atoms with E-state index in [1.165, 1.54) is 0 Å². The van der Waals surface area contributed by atoms with Crippen molar-refractivity contribution in [1.82, 2.24) is 0 Å². The first-order valence-electron chi connectivity index (χ1n) is 4.59. The lowest BCUT2D eigenvalue weighted by molar-refractivity contribution is -0.121. The van der Waals surface area contributed by atoms with Gasteiger partial charge in [-0.1, -0.05) is 19.0 Å². The lowest BCUT2D eigenvalue weighted by Gasteiger charge is -2.04. The number of azo groups is 1. The highest BCUT2D eigenvalue weighted by Gasteiger charge is 2.08. The van der Waals surface area contributed by atoms with Crippen LogP contribution in [0.5, 0.6) is 0 Å². The van der Waals surface area contributed by atoms with E-state index in [1.807, 2.05) is 0 Å². The predicted octanol–water partition coefficient (Wildman–Crippen LogP) is -0.0575. The number of nitrogens with two attached hydrogens (primary N) is 2. The molecule has 5 N–H and O–H groups in total. The monoisotopic (exact) mass is 215 g/mol. The first kappa shape index (κ1) is 13.3. The van der Waals surface area contributed by atoms with E-state index in [9.17, 15) is 4.79 Å². The Bertz CT molecular complexity index is 264. The summed E-state index contributed by atoms with van der Waals surface area (Å²) in [7, 11) is 0. The number of nitrogens with zero attached hydrogens (tertiary/aromatic N) is 3. The van der Waals surface area contributed by atoms with Gasteiger partial charge < -0.3 is 16.7 Å². The summed E-state index contributed by atoms with van der Waals surface area (Å²) in [6.07, 6.45) is 0. The number of hydrogen-bond donors (Lipinski definition) is 3. The number of amidine groups is 1. The molecule has 0 radical (unpaired) electrons. The molecule has 86 valence electrons. The smallest absolute Gasteiger partial charge is 0.222 e. The maximum absolute atomic E-state index is 10.6. The van der Waals surface area contributed by atoms with Crippen LogP contribution in [0.4, 0.5) is 0 Å². The maximum atomic E-state index is 10.6. The molecule has 0 heterocycles. The van der Waals surface area contributed by atoms with Crippen LogP contribution in [0.25, 0.3) is 0 Å². The standard InChI is InChI=1S/C8H17N5O2/c1-5(7(9)13-15)3-11-12-4-6(2)8(10)14/h5-6,15H,3-4H2,1-2H3,(H2,9,13)(H2,10,14). The molecule has 0 bridgehead atoms. The number of rotatable bonds is 6. The maximum Gasteiger partial charge on any atom is 0.222 e. The zero-order valence-corrected chi connectivity index (χ0v) is 8.92. The molecule has 0 saturated heterocycles. The van der Waals surface area contributed by atoms with Gasteiger partial charge in [0, 0.05) is 5.92 Å². The van der Waals surface area contributed by atoms with Gasteiger partial charge in [0.1, 0.15) is 5.84 Å². The molecule has 0 aliphatic rings. The fourth-order valence-corrected chi connectivity index (χ4v) is 0.642. The molecular weight excluding hydrogens is 198 g/mol. The summed E-state index contributed by atoms with van der Waals surface area (Å²) >= 11 is 0. The summed E-state index contributed by atoms with van der Waals surface area (Å²) in [6.45, 7) is 4.01. The fraction of sp³-hybridized carbons (Fsp3) is 0.750. The normalized spacial score (nSPS) is 16.5. The molecule has 0 aliphatic heterocycles. The first-order valence-corrected chi connectivity index (χ1v) is 4.59. The Labute approximate surface area is 88.2 Å². The van der Waals surface area contributed by atoms with Crippen molar-refractivity contribution in [3.8, 4) is 0 Å². The van der Waals surface area contributed by atoms with Gasteiger partial charge in [-0.25, -0.2) is 0 Å². The van der Waals surface area contributed by atoms with Crippen LogP contribution >= 0.6 is 0 Å². The van der Waals surface area contributed by atoms with E-state index in [-0.39, 0.29) is 24.2 Å². The third-order valence-electron chi connectivity index (χ3n) is 1.92. The molecule has 0 aliphatic carbocycles. The molecule has 7 nitrogen and oxygen atoms in total. The first-order chi connectivity index (χ1) is 6.99. The molecule has 1 amide bonds. The summed E-state index contributed by atoms with van der Waals surface area (Å²) in [5.74, 6) is -0.800. The van der Waals surface area contributed by atoms with Gasteiger partial charge in [-0.05, 0) is 0 Å². The molecule has 0 aromatic rings. The van der Waals surface area contributed by atoms with E-state index in [4.69, 9.17) is 16.7 Å². The molecule has 0 rings (SSSR count). The van der Waals surface area contributed by atoms with Crippen molar-refractivity contribution in [1.29, 1.82) is 0 Å². The second kappa shape index (κ2) is 6.74. The number of oxime groups is 1. The second-order valence-corrected chi connectivity index (χ2v) is 3.38. The van der Waals surface area contributed by atoms with Crippen LogP contribution in [0.3, 0.4) is 0 Å². The van der Waals surface area contributed by atoms with Crippen molar-refractivity contribution in [2.45, 2.75) is 13.8 Å². The summed E-state index contributed by atoms with van der Waals surface area (Å²) < 4.78 is 0. The van der Waals surface area contributed by atoms with Crippen LogP contribution in [0.1, 0.15) is 13.8 Å². The van der Waals surface area contributed by atoms with Crippen LogP contribution in [0.2, 0.25) is 0 Å². The largest absolute Gasteiger partial charge is 0.409 e. The van der Waals surface area contributed by atoms with Crippen molar-refractivity contribution in [3.05, 3.63) is 0 Å². The van der Waals surface area contributed by atoms with Crippen LogP contribution in [0.15, 0.2) is 15.4 Å². The Kier molecular flexibility index (Phi) is 6.00. The van der Waals surface area contributed by atoms with Crippen LogP contribution in [-0.4, -0.2) is 30.0 Å². The number of primary amides is 1. The van der Waals surface area contributed by atoms with E-state index in [1.54, 1.807) is 13.8 Å². The summed E-state index contributed by atoms with van der Waals surface area (Å²) in [4.78, 5) is 10.6. The zero-order valence-electron chi connectivity index (χ0n) is 8.92. The number of amides is 1. The van der Waals surface area contributed by atoms with E-state index in [0.717, 1.165) is 0 Å². The molecule has 0 fully saturated rings. The molecule has 0 aromatic heterocycles. The minimum Gasteiger partial charge on any atom is -0.409 e. The highest BCUT2D eigenvalue weighted by molar-refractivity contribution is 5.82. The van der Waals surface area contributed by atoms with Gasteiger partial charge in [-0.3, -0.25) is 4.79 Å². The fourth-order valence-electron chi connectivity index (χ4n) is 0.642. The van der Waals surface area contributed by atoms with Gasteiger partial charge in [0.15, 0.2) is 0 Å². The molecule has 2 atom stereocenters. The van der Waals surface area contributed by atoms with Crippen molar-refractivity contribution >= 4 is 11.7 Å². The van der Waals surface area contributed by atoms with Crippen LogP contribution < -0.4 is 11.5 Å². The molecule has 15 heavy (non-hydrogen) atoms. The van der Waals surface area contributed by atoms with E-state index < -0.39 is 5.91 Å². The molecule has 2 unspecified atom stereocenters. The van der Waals surface area contributed by atoms with Crippen LogP contribution in [0, 0.1) is 11.8 Å². The number of carbonyl (C=O) groups excluding carboxylic acids is 1. The highest BCUT2D eigenvalue weighted by Crippen LogP contribution is 1.98. The third-order valence-corrected chi connectivity index (χ3v) is 1.92. The number of hydrogen-bond acceptors (Lipinski definition) is 5. The lowest BCUT2D eigenvalue weighted by Crippen LogP contribution is -2.24. The van der Waals surface area contributed by atoms with Crippen LogP contribution in [-0.2, 0) is 4.79 Å². The minimum absolute atomic E-state index is 0.108. The zero-order chi connectivity index (χ0) is 11.8. The Hall–Kier alpha value is -1.66. The van der Waals surface area contributed by atoms with Crippen molar-refractivity contribution in [2.24, 2.45) is 38.7 Å². The molecular formula is C8H17N5O2. The van der Waals surface area contributed by atoms with E-state index in [0.29, 0.717) is 6.54 Å². The molecule has 0 spiro atoms. The van der Waals surface area contributed by atoms with Gasteiger partial charge in [0.05, 0.1) is 19.0 Å². The van der Waals surface area contributed by atoms with Crippen molar-refractivity contribution in [2.75, 3.05) is 13.1 Å². The highest BCUT2D eigenvalue weighted by atomic mass is 16.4. The Morgan fingerprint density at radius 2 is 1.67 bits per heavy atom. The van der Waals surface area contributed by atoms with Gasteiger partial charge in [-0.2, -0.15) is 10.2 Å². The van der Waals surface area contributed by atoms with Gasteiger partial charge in [0.25, 0.3) is 0 Å². The van der Waals surface area contributed by atoms with E-state index in [2.05, 4.69) is 15.4 Å². The summed E-state index contributed by atoms with van der Waals surface area (Å²) in [5, 5.41) is 18.8. The van der Waals surface area contributed by atoms with Gasteiger partial charge in [0.2, 0.25) is 5.91 Å². The van der Waals surface area contributed by atoms with Gasteiger partial charge in [-0.15, -0.1) is 0 Å². The molecule has 0 aromatic carbocycles. The van der Waals surface area contributed by atoms with Gasteiger partial charge >= 0.3 is 0 Å². The average Bonchev–Trinajstić information content (AvgIpc) is 2.22. The lowest BCUT2D eigenvalue weighted by atomic mass is 10.2. The molecule has 7 heteroatoms. The quantitative estimate of drug-likeness (QED) is 0.189. The van der Waals surface area contributed by atoms with Crippen molar-refractivity contribution < 1.29 is 10.0 Å². The summed E-state index contributed by atoms with van der Waals surface area (Å²) in [5.41, 5.74) is 10.4. The second-order valence-electron chi connectivity index (χ2n) is 3.38. The summed E-state index contributed by atoms with van der Waals surface area (Å²) in [6, 6.07) is 0. The third kappa shape index (κ3) is 5.61. The predicted molar refractivity (Wildman–Crippen MR) is 55.5 cm³/mol. The number of carbonyl (C=O) groups is 1. The Morgan fingerprint density at radius 3 is 2.07 bits per heavy atom. The Morgan fingerprint density at radius 1 is 1.20 bits per heavy atom.